The van der Waals surface area contributed by atoms with Gasteiger partial charge in [-0.15, -0.1) is 6.58 Å². The largest absolute Gasteiger partial charge is 0.374 e. The zero-order valence-corrected chi connectivity index (χ0v) is 20.4. The maximum Gasteiger partial charge on any atom is 0.184 e. The average Bonchev–Trinajstić information content (AvgIpc) is 2.92. The summed E-state index contributed by atoms with van der Waals surface area (Å²) in [6.07, 6.45) is -1.96. The van der Waals surface area contributed by atoms with Crippen molar-refractivity contribution >= 4 is 0 Å². The highest BCUT2D eigenvalue weighted by Crippen LogP contribution is 2.29. The minimum atomic E-state index is -1.21. The molecule has 3 aromatic carbocycles. The first kappa shape index (κ1) is 26.2. The van der Waals surface area contributed by atoms with Gasteiger partial charge in [0.05, 0.1) is 33.0 Å². The van der Waals surface area contributed by atoms with E-state index >= 15 is 0 Å². The van der Waals surface area contributed by atoms with Gasteiger partial charge in [0, 0.05) is 0 Å². The summed E-state index contributed by atoms with van der Waals surface area (Å²) < 4.78 is 30.6. The lowest BCUT2D eigenvalue weighted by atomic mass is 9.98. The van der Waals surface area contributed by atoms with Crippen molar-refractivity contribution < 1.29 is 28.8 Å². The molecule has 1 aliphatic heterocycles. The molecule has 190 valence electrons. The van der Waals surface area contributed by atoms with Gasteiger partial charge in [-0.1, -0.05) is 97.1 Å². The van der Waals surface area contributed by atoms with Crippen LogP contribution in [-0.2, 0) is 43.5 Å². The van der Waals surface area contributed by atoms with Gasteiger partial charge in [-0.3, -0.25) is 0 Å². The Hall–Kier alpha value is -2.84. The highest BCUT2D eigenvalue weighted by Gasteiger charge is 2.47. The van der Waals surface area contributed by atoms with Gasteiger partial charge in [-0.05, 0) is 16.7 Å². The molecule has 36 heavy (non-hydrogen) atoms. The lowest BCUT2D eigenvalue weighted by Crippen LogP contribution is -2.61. The SMILES string of the molecule is C=CCO[C@@H]1[C@H](OCc2ccccc2)[C@@H](OCc2ccccc2)C(O)O[C@@H]1COCc1ccccc1. The molecule has 0 amide bonds. The van der Waals surface area contributed by atoms with E-state index in [2.05, 4.69) is 6.58 Å². The molecule has 5 atom stereocenters. The molecule has 3 aromatic rings. The number of ether oxygens (including phenoxy) is 5. The Morgan fingerprint density at radius 1 is 0.667 bits per heavy atom. The van der Waals surface area contributed by atoms with E-state index in [4.69, 9.17) is 23.7 Å². The van der Waals surface area contributed by atoms with Crippen molar-refractivity contribution in [2.24, 2.45) is 0 Å². The van der Waals surface area contributed by atoms with Gasteiger partial charge in [0.2, 0.25) is 0 Å². The molecular weight excluding hydrogens is 456 g/mol. The van der Waals surface area contributed by atoms with Crippen LogP contribution in [0, 0.1) is 0 Å². The smallest absolute Gasteiger partial charge is 0.184 e. The van der Waals surface area contributed by atoms with E-state index in [1.807, 2.05) is 91.0 Å². The molecule has 1 fully saturated rings. The Kier molecular flexibility index (Phi) is 10.2. The quantitative estimate of drug-likeness (QED) is 0.352. The van der Waals surface area contributed by atoms with Crippen LogP contribution in [-0.4, -0.2) is 49.0 Å². The third-order valence-corrected chi connectivity index (χ3v) is 5.98. The molecule has 6 heteroatoms. The molecule has 1 aliphatic rings. The molecule has 0 saturated carbocycles. The van der Waals surface area contributed by atoms with E-state index in [0.29, 0.717) is 26.4 Å². The molecule has 0 aliphatic carbocycles. The molecule has 0 aromatic heterocycles. The number of hydrogen-bond donors (Lipinski definition) is 1. The van der Waals surface area contributed by atoms with E-state index in [9.17, 15) is 5.11 Å². The van der Waals surface area contributed by atoms with Crippen LogP contribution in [0.2, 0.25) is 0 Å². The Labute approximate surface area is 213 Å². The van der Waals surface area contributed by atoms with Gasteiger partial charge < -0.3 is 28.8 Å². The van der Waals surface area contributed by atoms with Gasteiger partial charge in [-0.25, -0.2) is 0 Å². The average molecular weight is 491 g/mol. The molecule has 0 radical (unpaired) electrons. The van der Waals surface area contributed by atoms with E-state index in [0.717, 1.165) is 16.7 Å². The molecular formula is C30H34O6. The van der Waals surface area contributed by atoms with Crippen molar-refractivity contribution in [3.05, 3.63) is 120 Å². The zero-order valence-electron chi connectivity index (χ0n) is 20.4. The van der Waals surface area contributed by atoms with Crippen LogP contribution in [0.25, 0.3) is 0 Å². The van der Waals surface area contributed by atoms with Crippen LogP contribution in [0.4, 0.5) is 0 Å². The lowest BCUT2D eigenvalue weighted by Gasteiger charge is -2.44. The molecule has 4 rings (SSSR count). The fraction of sp³-hybridized carbons (Fsp3) is 0.333. The van der Waals surface area contributed by atoms with E-state index < -0.39 is 30.7 Å². The van der Waals surface area contributed by atoms with Crippen LogP contribution in [0.1, 0.15) is 16.7 Å². The van der Waals surface area contributed by atoms with Crippen molar-refractivity contribution in [2.75, 3.05) is 13.2 Å². The van der Waals surface area contributed by atoms with Crippen molar-refractivity contribution in [3.63, 3.8) is 0 Å². The minimum Gasteiger partial charge on any atom is -0.374 e. The first-order chi connectivity index (χ1) is 17.7. The Balaban J connectivity index is 1.49. The fourth-order valence-corrected chi connectivity index (χ4v) is 4.18. The number of aliphatic hydroxyl groups excluding tert-OH is 1. The normalized spacial score (nSPS) is 23.9. The Morgan fingerprint density at radius 2 is 1.17 bits per heavy atom. The summed E-state index contributed by atoms with van der Waals surface area (Å²) >= 11 is 0. The topological polar surface area (TPSA) is 66.4 Å². The summed E-state index contributed by atoms with van der Waals surface area (Å²) in [4.78, 5) is 0. The molecule has 6 nitrogen and oxygen atoms in total. The fourth-order valence-electron chi connectivity index (χ4n) is 4.18. The second-order valence-electron chi connectivity index (χ2n) is 8.67. The maximum atomic E-state index is 11.0. The number of rotatable bonds is 13. The number of benzene rings is 3. The number of aliphatic hydroxyl groups is 1. The second kappa shape index (κ2) is 14.0. The third kappa shape index (κ3) is 7.58. The summed E-state index contributed by atoms with van der Waals surface area (Å²) in [6, 6.07) is 29.6. The molecule has 0 spiro atoms. The van der Waals surface area contributed by atoms with E-state index in [1.54, 1.807) is 6.08 Å². The first-order valence-corrected chi connectivity index (χ1v) is 12.2. The van der Waals surface area contributed by atoms with Crippen molar-refractivity contribution in [1.82, 2.24) is 0 Å². The van der Waals surface area contributed by atoms with Crippen LogP contribution < -0.4 is 0 Å². The van der Waals surface area contributed by atoms with Gasteiger partial charge in [0.15, 0.2) is 6.29 Å². The van der Waals surface area contributed by atoms with Gasteiger partial charge in [0.1, 0.15) is 24.4 Å². The summed E-state index contributed by atoms with van der Waals surface area (Å²) in [5.74, 6) is 0. The highest BCUT2D eigenvalue weighted by molar-refractivity contribution is 5.15. The predicted octanol–water partition coefficient (Wildman–Crippen LogP) is 4.66. The van der Waals surface area contributed by atoms with Crippen molar-refractivity contribution in [2.45, 2.75) is 50.5 Å². The van der Waals surface area contributed by atoms with Crippen LogP contribution in [0.3, 0.4) is 0 Å². The second-order valence-corrected chi connectivity index (χ2v) is 8.67. The summed E-state index contributed by atoms with van der Waals surface area (Å²) in [5.41, 5.74) is 3.06. The summed E-state index contributed by atoms with van der Waals surface area (Å²) in [5, 5.41) is 11.0. The van der Waals surface area contributed by atoms with E-state index in [1.165, 1.54) is 0 Å². The highest BCUT2D eigenvalue weighted by atomic mass is 16.7. The molecule has 1 saturated heterocycles. The van der Waals surface area contributed by atoms with Crippen LogP contribution in [0.15, 0.2) is 104 Å². The Bertz CT molecular complexity index is 1010. The first-order valence-electron chi connectivity index (χ1n) is 12.2. The molecule has 0 bridgehead atoms. The lowest BCUT2D eigenvalue weighted by molar-refractivity contribution is -0.314. The number of hydrogen-bond acceptors (Lipinski definition) is 6. The van der Waals surface area contributed by atoms with Gasteiger partial charge >= 0.3 is 0 Å². The predicted molar refractivity (Wildman–Crippen MR) is 137 cm³/mol. The van der Waals surface area contributed by atoms with Crippen LogP contribution in [0.5, 0.6) is 0 Å². The monoisotopic (exact) mass is 490 g/mol. The Morgan fingerprint density at radius 3 is 1.69 bits per heavy atom. The summed E-state index contributed by atoms with van der Waals surface area (Å²) in [7, 11) is 0. The maximum absolute atomic E-state index is 11.0. The van der Waals surface area contributed by atoms with Crippen molar-refractivity contribution in [3.8, 4) is 0 Å². The van der Waals surface area contributed by atoms with Gasteiger partial charge in [-0.2, -0.15) is 0 Å². The van der Waals surface area contributed by atoms with Crippen molar-refractivity contribution in [1.29, 1.82) is 0 Å². The minimum absolute atomic E-state index is 0.227. The summed E-state index contributed by atoms with van der Waals surface area (Å²) in [6.45, 7) is 5.38. The molecule has 1 heterocycles. The van der Waals surface area contributed by atoms with E-state index in [-0.39, 0.29) is 6.61 Å². The van der Waals surface area contributed by atoms with Crippen LogP contribution >= 0.6 is 0 Å². The molecule has 1 N–H and O–H groups in total. The third-order valence-electron chi connectivity index (χ3n) is 5.98. The zero-order chi connectivity index (χ0) is 25.0. The van der Waals surface area contributed by atoms with Gasteiger partial charge in [0.25, 0.3) is 0 Å². The molecule has 1 unspecified atom stereocenters. The standard InChI is InChI=1S/C30H34O6/c1-2-18-33-27-26(22-32-19-23-12-6-3-7-13-23)36-30(31)29(35-21-25-16-10-5-11-17-25)28(27)34-20-24-14-8-4-9-15-24/h2-17,26-31H,1,18-22H2/t26-,27+,28+,29-,30?/m1/s1.